The molecule has 1 aromatic heterocycles. The molecule has 0 atom stereocenters. The van der Waals surface area contributed by atoms with E-state index in [9.17, 15) is 4.79 Å². The maximum absolute atomic E-state index is 12.7. The van der Waals surface area contributed by atoms with Gasteiger partial charge in [0.1, 0.15) is 17.9 Å². The first kappa shape index (κ1) is 20.7. The van der Waals surface area contributed by atoms with Gasteiger partial charge in [-0.2, -0.15) is 0 Å². The number of benzene rings is 1. The lowest BCUT2D eigenvalue weighted by Gasteiger charge is -2.28. The molecule has 2 rings (SSSR count). The highest BCUT2D eigenvalue weighted by Crippen LogP contribution is 2.32. The third-order valence-corrected chi connectivity index (χ3v) is 4.24. The number of hydrogen-bond donors (Lipinski definition) is 1. The Morgan fingerprint density at radius 1 is 1.27 bits per heavy atom. The largest absolute Gasteiger partial charge is 0.490 e. The van der Waals surface area contributed by atoms with Gasteiger partial charge >= 0.3 is 0 Å². The average Bonchev–Trinajstić information content (AvgIpc) is 2.92. The average molecular weight is 427 g/mol. The maximum Gasteiger partial charge on any atom is 0.251 e. The highest BCUT2D eigenvalue weighted by Gasteiger charge is 2.21. The Balaban J connectivity index is 2.18. The van der Waals surface area contributed by atoms with E-state index in [0.29, 0.717) is 41.3 Å². The molecule has 0 bridgehead atoms. The van der Waals surface area contributed by atoms with Crippen molar-refractivity contribution >= 4 is 32.8 Å². The summed E-state index contributed by atoms with van der Waals surface area (Å²) in [4.78, 5) is 14.8. The zero-order chi connectivity index (χ0) is 19.3. The number of carbonyl (C=O) groups is 1. The molecule has 0 aliphatic carbocycles. The van der Waals surface area contributed by atoms with Crippen molar-refractivity contribution in [1.82, 2.24) is 10.2 Å². The van der Waals surface area contributed by atoms with Crippen LogP contribution < -0.4 is 10.1 Å². The molecule has 1 amide bonds. The highest BCUT2D eigenvalue weighted by molar-refractivity contribution is 9.10. The second kappa shape index (κ2) is 8.88. The quantitative estimate of drug-likeness (QED) is 0.621. The van der Waals surface area contributed by atoms with E-state index >= 15 is 0 Å². The van der Waals surface area contributed by atoms with E-state index in [1.165, 1.54) is 0 Å². The SMILES string of the molecule is COCCOc1cc(C(=O)NCC(C)(C)CN(C)C)cc2oc(Br)cc12. The minimum absolute atomic E-state index is 0.0330. The van der Waals surface area contributed by atoms with Crippen LogP contribution >= 0.6 is 15.9 Å². The molecule has 7 heteroatoms. The maximum atomic E-state index is 12.7. The topological polar surface area (TPSA) is 63.9 Å². The molecule has 0 aliphatic heterocycles. The minimum Gasteiger partial charge on any atom is -0.490 e. The summed E-state index contributed by atoms with van der Waals surface area (Å²) in [7, 11) is 5.67. The Hall–Kier alpha value is -1.57. The van der Waals surface area contributed by atoms with Crippen molar-refractivity contribution in [3.05, 3.63) is 28.4 Å². The fourth-order valence-electron chi connectivity index (χ4n) is 2.89. The van der Waals surface area contributed by atoms with Crippen molar-refractivity contribution < 1.29 is 18.7 Å². The van der Waals surface area contributed by atoms with Crippen molar-refractivity contribution in [2.45, 2.75) is 13.8 Å². The summed E-state index contributed by atoms with van der Waals surface area (Å²) in [6.45, 7) is 6.57. The van der Waals surface area contributed by atoms with E-state index in [2.05, 4.69) is 40.0 Å². The van der Waals surface area contributed by atoms with Crippen LogP contribution in [0.25, 0.3) is 11.0 Å². The molecule has 0 saturated heterocycles. The van der Waals surface area contributed by atoms with Crippen LogP contribution in [-0.2, 0) is 4.74 Å². The molecule has 0 radical (unpaired) electrons. The standard InChI is InChI=1S/C19H27BrN2O4/c1-19(2,12-22(3)4)11-21-18(23)13-8-15(25-7-6-24-5)14-10-17(20)26-16(14)9-13/h8-10H,6-7,11-12H2,1-5H3,(H,21,23). The number of methoxy groups -OCH3 is 1. The predicted octanol–water partition coefficient (Wildman–Crippen LogP) is 3.54. The monoisotopic (exact) mass is 426 g/mol. The fraction of sp³-hybridized carbons (Fsp3) is 0.526. The number of nitrogens with zero attached hydrogens (tertiary/aromatic N) is 1. The molecular weight excluding hydrogens is 400 g/mol. The van der Waals surface area contributed by atoms with Gasteiger partial charge in [-0.3, -0.25) is 4.79 Å². The van der Waals surface area contributed by atoms with Gasteiger partial charge in [0, 0.05) is 31.8 Å². The molecule has 26 heavy (non-hydrogen) atoms. The number of fused-ring (bicyclic) bond motifs is 1. The number of amides is 1. The Bertz CT molecular complexity index is 755. The zero-order valence-electron chi connectivity index (χ0n) is 16.0. The van der Waals surface area contributed by atoms with Crippen molar-refractivity contribution in [2.24, 2.45) is 5.41 Å². The van der Waals surface area contributed by atoms with Crippen molar-refractivity contribution in [2.75, 3.05) is 47.5 Å². The molecule has 1 heterocycles. The Morgan fingerprint density at radius 2 is 2.00 bits per heavy atom. The van der Waals surface area contributed by atoms with Crippen LogP contribution in [0.15, 0.2) is 27.3 Å². The lowest BCUT2D eigenvalue weighted by atomic mass is 9.93. The van der Waals surface area contributed by atoms with E-state index in [-0.39, 0.29) is 11.3 Å². The van der Waals surface area contributed by atoms with E-state index in [0.717, 1.165) is 11.9 Å². The summed E-state index contributed by atoms with van der Waals surface area (Å²) in [5.74, 6) is 0.453. The molecule has 0 fully saturated rings. The van der Waals surface area contributed by atoms with Crippen LogP contribution in [0.5, 0.6) is 5.75 Å². The minimum atomic E-state index is -0.150. The van der Waals surface area contributed by atoms with E-state index in [1.54, 1.807) is 19.2 Å². The first-order valence-corrected chi connectivity index (χ1v) is 9.29. The Kier molecular flexibility index (Phi) is 7.08. The first-order chi connectivity index (χ1) is 12.2. The van der Waals surface area contributed by atoms with Gasteiger partial charge in [-0.1, -0.05) is 13.8 Å². The van der Waals surface area contributed by atoms with Gasteiger partial charge in [-0.25, -0.2) is 0 Å². The number of carbonyl (C=O) groups excluding carboxylic acids is 1. The summed E-state index contributed by atoms with van der Waals surface area (Å²) in [5, 5.41) is 3.83. The second-order valence-electron chi connectivity index (χ2n) is 7.36. The van der Waals surface area contributed by atoms with Gasteiger partial charge in [-0.15, -0.1) is 0 Å². The Labute approximate surface area is 162 Å². The van der Waals surface area contributed by atoms with E-state index in [4.69, 9.17) is 13.9 Å². The number of hydrogen-bond acceptors (Lipinski definition) is 5. The zero-order valence-corrected chi connectivity index (χ0v) is 17.6. The lowest BCUT2D eigenvalue weighted by molar-refractivity contribution is 0.0928. The highest BCUT2D eigenvalue weighted by atomic mass is 79.9. The van der Waals surface area contributed by atoms with E-state index < -0.39 is 0 Å². The molecule has 6 nitrogen and oxygen atoms in total. The van der Waals surface area contributed by atoms with Gasteiger partial charge in [0.2, 0.25) is 0 Å². The Morgan fingerprint density at radius 3 is 2.65 bits per heavy atom. The molecule has 0 aliphatic rings. The summed E-state index contributed by atoms with van der Waals surface area (Å²) in [5.41, 5.74) is 1.08. The third kappa shape index (κ3) is 5.72. The number of nitrogens with one attached hydrogen (secondary N) is 1. The first-order valence-electron chi connectivity index (χ1n) is 8.49. The van der Waals surface area contributed by atoms with Crippen LogP contribution in [0.4, 0.5) is 0 Å². The number of ether oxygens (including phenoxy) is 2. The van der Waals surface area contributed by atoms with E-state index in [1.807, 2.05) is 20.2 Å². The number of rotatable bonds is 9. The van der Waals surface area contributed by atoms with Crippen LogP contribution in [0.3, 0.4) is 0 Å². The van der Waals surface area contributed by atoms with Gasteiger partial charge in [-0.05, 0) is 47.6 Å². The van der Waals surface area contributed by atoms with Crippen LogP contribution in [-0.4, -0.2) is 58.3 Å². The van der Waals surface area contributed by atoms with Gasteiger partial charge in [0.05, 0.1) is 12.0 Å². The number of furan rings is 1. The fourth-order valence-corrected chi connectivity index (χ4v) is 3.30. The third-order valence-electron chi connectivity index (χ3n) is 3.85. The van der Waals surface area contributed by atoms with Crippen molar-refractivity contribution in [3.8, 4) is 5.75 Å². The van der Waals surface area contributed by atoms with Gasteiger partial charge in [0.15, 0.2) is 4.67 Å². The number of halogens is 1. The van der Waals surface area contributed by atoms with Gasteiger partial charge < -0.3 is 24.1 Å². The van der Waals surface area contributed by atoms with Gasteiger partial charge in [0.25, 0.3) is 5.91 Å². The van der Waals surface area contributed by atoms with Crippen LogP contribution in [0, 0.1) is 5.41 Å². The molecule has 144 valence electrons. The van der Waals surface area contributed by atoms with Crippen molar-refractivity contribution in [1.29, 1.82) is 0 Å². The van der Waals surface area contributed by atoms with Crippen molar-refractivity contribution in [3.63, 3.8) is 0 Å². The molecule has 0 spiro atoms. The lowest BCUT2D eigenvalue weighted by Crippen LogP contribution is -2.39. The second-order valence-corrected chi connectivity index (χ2v) is 8.14. The predicted molar refractivity (Wildman–Crippen MR) is 106 cm³/mol. The molecule has 2 aromatic rings. The molecule has 1 N–H and O–H groups in total. The molecule has 0 saturated carbocycles. The summed E-state index contributed by atoms with van der Waals surface area (Å²) in [6.07, 6.45) is 0. The summed E-state index contributed by atoms with van der Waals surface area (Å²) < 4.78 is 17.0. The smallest absolute Gasteiger partial charge is 0.251 e. The van der Waals surface area contributed by atoms with Crippen LogP contribution in [0.2, 0.25) is 0 Å². The molecule has 0 unspecified atom stereocenters. The summed E-state index contributed by atoms with van der Waals surface area (Å²) >= 11 is 3.33. The summed E-state index contributed by atoms with van der Waals surface area (Å²) in [6, 6.07) is 5.31. The molecular formula is C19H27BrN2O4. The molecule has 1 aromatic carbocycles. The normalized spacial score (nSPS) is 12.0. The van der Waals surface area contributed by atoms with Crippen LogP contribution in [0.1, 0.15) is 24.2 Å².